The molecule has 4 heteroatoms. The average Bonchev–Trinajstić information content (AvgIpc) is 2.75. The van der Waals surface area contributed by atoms with Crippen LogP contribution in [0, 0.1) is 5.92 Å². The maximum absolute atomic E-state index is 12.2. The Hall–Kier alpha value is -1.16. The van der Waals surface area contributed by atoms with E-state index in [2.05, 4.69) is 60.9 Å². The Balaban J connectivity index is 2.17. The molecule has 108 valence electrons. The monoisotopic (exact) mass is 336 g/mol. The molecule has 0 radical (unpaired) electrons. The molecule has 0 fully saturated rings. The number of carbonyl (C=O) groups excluding carboxylic acids is 1. The Bertz CT molecular complexity index is 532. The molecule has 1 amide bonds. The van der Waals surface area contributed by atoms with E-state index in [1.165, 1.54) is 5.56 Å². The summed E-state index contributed by atoms with van der Waals surface area (Å²) in [6, 6.07) is 8.22. The zero-order chi connectivity index (χ0) is 14.9. The normalized spacial score (nSPS) is 16.0. The summed E-state index contributed by atoms with van der Waals surface area (Å²) in [4.78, 5) is 12.2. The summed E-state index contributed by atoms with van der Waals surface area (Å²) >= 11 is 3.44. The molecule has 1 aliphatic heterocycles. The third-order valence-electron chi connectivity index (χ3n) is 3.59. The van der Waals surface area contributed by atoms with Crippen LogP contribution in [0.4, 0.5) is 0 Å². The van der Waals surface area contributed by atoms with Gasteiger partial charge in [0.2, 0.25) is 5.91 Å². The van der Waals surface area contributed by atoms with Crippen LogP contribution >= 0.6 is 15.9 Å². The number of carbonyl (C=O) groups is 1. The van der Waals surface area contributed by atoms with Gasteiger partial charge in [-0.3, -0.25) is 4.79 Å². The SMILES string of the molecule is CC(C)C1=NN(C(C)(C)Cc2ccc(Br)cc2)C(=O)C1. The molecule has 0 bridgehead atoms. The fourth-order valence-corrected chi connectivity index (χ4v) is 2.68. The van der Waals surface area contributed by atoms with Gasteiger partial charge in [0.1, 0.15) is 0 Å². The summed E-state index contributed by atoms with van der Waals surface area (Å²) in [7, 11) is 0. The van der Waals surface area contributed by atoms with Gasteiger partial charge >= 0.3 is 0 Å². The Kier molecular flexibility index (Phi) is 4.33. The molecule has 0 spiro atoms. The highest BCUT2D eigenvalue weighted by Crippen LogP contribution is 2.27. The van der Waals surface area contributed by atoms with Crippen molar-refractivity contribution in [3.8, 4) is 0 Å². The van der Waals surface area contributed by atoms with E-state index < -0.39 is 0 Å². The molecule has 1 aliphatic rings. The highest BCUT2D eigenvalue weighted by Gasteiger charge is 2.36. The first-order valence-corrected chi connectivity index (χ1v) is 7.74. The molecule has 1 heterocycles. The lowest BCUT2D eigenvalue weighted by Crippen LogP contribution is -2.43. The number of hydrogen-bond acceptors (Lipinski definition) is 2. The molecule has 0 aliphatic carbocycles. The number of amides is 1. The highest BCUT2D eigenvalue weighted by atomic mass is 79.9. The maximum Gasteiger partial charge on any atom is 0.248 e. The number of halogens is 1. The Morgan fingerprint density at radius 3 is 2.40 bits per heavy atom. The van der Waals surface area contributed by atoms with Gasteiger partial charge in [-0.2, -0.15) is 5.10 Å². The van der Waals surface area contributed by atoms with Crippen molar-refractivity contribution in [2.45, 2.75) is 46.1 Å². The van der Waals surface area contributed by atoms with Gasteiger partial charge in [0.25, 0.3) is 0 Å². The van der Waals surface area contributed by atoms with Gasteiger partial charge in [0, 0.05) is 4.47 Å². The van der Waals surface area contributed by atoms with Gasteiger partial charge in [-0.15, -0.1) is 0 Å². The zero-order valence-electron chi connectivity index (χ0n) is 12.5. The van der Waals surface area contributed by atoms with E-state index in [0.717, 1.165) is 16.6 Å². The minimum Gasteiger partial charge on any atom is -0.273 e. The van der Waals surface area contributed by atoms with E-state index in [9.17, 15) is 4.79 Å². The van der Waals surface area contributed by atoms with Crippen molar-refractivity contribution in [2.75, 3.05) is 0 Å². The lowest BCUT2D eigenvalue weighted by atomic mass is 9.94. The summed E-state index contributed by atoms with van der Waals surface area (Å²) in [6.07, 6.45) is 1.25. The van der Waals surface area contributed by atoms with E-state index in [4.69, 9.17) is 0 Å². The third-order valence-corrected chi connectivity index (χ3v) is 4.12. The molecule has 0 unspecified atom stereocenters. The van der Waals surface area contributed by atoms with Crippen LogP contribution in [0.15, 0.2) is 33.8 Å². The van der Waals surface area contributed by atoms with Crippen molar-refractivity contribution in [3.05, 3.63) is 34.3 Å². The first-order valence-electron chi connectivity index (χ1n) is 6.94. The summed E-state index contributed by atoms with van der Waals surface area (Å²) in [5, 5.41) is 6.22. The molecular formula is C16H21BrN2O. The van der Waals surface area contributed by atoms with Crippen LogP contribution in [0.1, 0.15) is 39.7 Å². The van der Waals surface area contributed by atoms with Crippen LogP contribution in [-0.2, 0) is 11.2 Å². The van der Waals surface area contributed by atoms with Crippen molar-refractivity contribution >= 4 is 27.5 Å². The maximum atomic E-state index is 12.2. The minimum atomic E-state index is -0.304. The summed E-state index contributed by atoms with van der Waals surface area (Å²) < 4.78 is 1.07. The van der Waals surface area contributed by atoms with Gasteiger partial charge in [-0.05, 0) is 43.9 Å². The fraction of sp³-hybridized carbons (Fsp3) is 0.500. The fourth-order valence-electron chi connectivity index (χ4n) is 2.42. The molecule has 1 aromatic carbocycles. The molecule has 0 saturated carbocycles. The molecule has 0 N–H and O–H groups in total. The zero-order valence-corrected chi connectivity index (χ0v) is 14.1. The first kappa shape index (κ1) is 15.2. The largest absolute Gasteiger partial charge is 0.273 e. The van der Waals surface area contributed by atoms with Crippen LogP contribution in [0.2, 0.25) is 0 Å². The predicted octanol–water partition coefficient (Wildman–Crippen LogP) is 4.01. The molecule has 0 saturated heterocycles. The summed E-state index contributed by atoms with van der Waals surface area (Å²) in [5.41, 5.74) is 1.89. The topological polar surface area (TPSA) is 32.7 Å². The van der Waals surface area contributed by atoms with Crippen LogP contribution in [0.5, 0.6) is 0 Å². The second-order valence-electron chi connectivity index (χ2n) is 6.24. The van der Waals surface area contributed by atoms with Crippen molar-refractivity contribution in [1.29, 1.82) is 0 Å². The van der Waals surface area contributed by atoms with Crippen molar-refractivity contribution in [2.24, 2.45) is 11.0 Å². The van der Waals surface area contributed by atoms with Gasteiger partial charge < -0.3 is 0 Å². The van der Waals surface area contributed by atoms with E-state index in [1.807, 2.05) is 12.1 Å². The quantitative estimate of drug-likeness (QED) is 0.817. The van der Waals surface area contributed by atoms with Crippen molar-refractivity contribution < 1.29 is 4.79 Å². The standard InChI is InChI=1S/C16H21BrN2O/c1-11(2)14-9-15(20)19(18-14)16(3,4)10-12-5-7-13(17)8-6-12/h5-8,11H,9-10H2,1-4H3. The lowest BCUT2D eigenvalue weighted by molar-refractivity contribution is -0.133. The predicted molar refractivity (Wildman–Crippen MR) is 85.7 cm³/mol. The molecular weight excluding hydrogens is 316 g/mol. The number of hydrogen-bond donors (Lipinski definition) is 0. The van der Waals surface area contributed by atoms with Crippen LogP contribution in [0.3, 0.4) is 0 Å². The van der Waals surface area contributed by atoms with E-state index >= 15 is 0 Å². The molecule has 0 atom stereocenters. The van der Waals surface area contributed by atoms with Gasteiger partial charge in [-0.25, -0.2) is 5.01 Å². The average molecular weight is 337 g/mol. The highest BCUT2D eigenvalue weighted by molar-refractivity contribution is 9.10. The Morgan fingerprint density at radius 2 is 1.90 bits per heavy atom. The van der Waals surface area contributed by atoms with Crippen LogP contribution in [0.25, 0.3) is 0 Å². The molecule has 1 aromatic rings. The van der Waals surface area contributed by atoms with Gasteiger partial charge in [0.15, 0.2) is 0 Å². The van der Waals surface area contributed by atoms with E-state index in [-0.39, 0.29) is 11.4 Å². The van der Waals surface area contributed by atoms with Crippen molar-refractivity contribution in [1.82, 2.24) is 5.01 Å². The van der Waals surface area contributed by atoms with Gasteiger partial charge in [0.05, 0.1) is 17.7 Å². The lowest BCUT2D eigenvalue weighted by Gasteiger charge is -2.32. The summed E-state index contributed by atoms with van der Waals surface area (Å²) in [5.74, 6) is 0.434. The second kappa shape index (κ2) is 5.68. The smallest absolute Gasteiger partial charge is 0.248 e. The Morgan fingerprint density at radius 1 is 1.30 bits per heavy atom. The number of hydrazone groups is 1. The second-order valence-corrected chi connectivity index (χ2v) is 7.16. The Labute approximate surface area is 129 Å². The number of nitrogens with zero attached hydrogens (tertiary/aromatic N) is 2. The van der Waals surface area contributed by atoms with Crippen molar-refractivity contribution in [3.63, 3.8) is 0 Å². The molecule has 2 rings (SSSR count). The van der Waals surface area contributed by atoms with Crippen LogP contribution < -0.4 is 0 Å². The third kappa shape index (κ3) is 3.29. The molecule has 0 aromatic heterocycles. The van der Waals surface area contributed by atoms with E-state index in [0.29, 0.717) is 12.3 Å². The van der Waals surface area contributed by atoms with Crippen LogP contribution in [-0.4, -0.2) is 22.2 Å². The minimum absolute atomic E-state index is 0.107. The van der Waals surface area contributed by atoms with Gasteiger partial charge in [-0.1, -0.05) is 41.9 Å². The number of rotatable bonds is 4. The molecule has 3 nitrogen and oxygen atoms in total. The number of benzene rings is 1. The molecule has 20 heavy (non-hydrogen) atoms. The van der Waals surface area contributed by atoms with E-state index in [1.54, 1.807) is 5.01 Å². The summed E-state index contributed by atoms with van der Waals surface area (Å²) in [6.45, 7) is 8.30. The first-order chi connectivity index (χ1) is 9.29.